The van der Waals surface area contributed by atoms with Crippen molar-refractivity contribution in [1.29, 1.82) is 0 Å². The van der Waals surface area contributed by atoms with Gasteiger partial charge < -0.3 is 34.3 Å². The van der Waals surface area contributed by atoms with Crippen LogP contribution in [0.5, 0.6) is 0 Å². The Morgan fingerprint density at radius 3 is 1.57 bits per heavy atom. The SMILES string of the molecule is CCCCC/C=C/C/C=C/C/C=C/CCCCCCC(=O)O[C@H](COC(=O)CCCC/C=C/CCCCCCCCCCC)CO[C@H]1O[C@H](CS(=O)(=O)O)[C@@H](O)C(O)C1O. The summed E-state index contributed by atoms with van der Waals surface area (Å²) in [6, 6.07) is 0. The molecule has 4 N–H and O–H groups in total. The van der Waals surface area contributed by atoms with Gasteiger partial charge in [0.25, 0.3) is 10.1 Å². The predicted molar refractivity (Wildman–Crippen MR) is 238 cm³/mol. The molecule has 0 saturated carbocycles. The fraction of sp³-hybridized carbons (Fsp3) is 0.787. The number of carbonyl (C=O) groups excluding carboxylic acids is 2. The minimum atomic E-state index is -4.61. The molecule has 1 rings (SSSR count). The highest BCUT2D eigenvalue weighted by molar-refractivity contribution is 7.85. The van der Waals surface area contributed by atoms with E-state index >= 15 is 0 Å². The van der Waals surface area contributed by atoms with Gasteiger partial charge in [0.05, 0.1) is 6.61 Å². The van der Waals surface area contributed by atoms with Gasteiger partial charge in [0, 0.05) is 12.8 Å². The number of aliphatic hydroxyl groups is 3. The number of carbonyl (C=O) groups is 2. The second-order valence-electron chi connectivity index (χ2n) is 16.1. The zero-order chi connectivity index (χ0) is 44.1. The van der Waals surface area contributed by atoms with Crippen LogP contribution in [0.15, 0.2) is 48.6 Å². The number of esters is 2. The van der Waals surface area contributed by atoms with Crippen LogP contribution in [0, 0.1) is 0 Å². The first kappa shape index (κ1) is 55.6. The summed E-state index contributed by atoms with van der Waals surface area (Å²) in [4.78, 5) is 25.4. The van der Waals surface area contributed by atoms with Crippen LogP contribution in [0.3, 0.4) is 0 Å². The van der Waals surface area contributed by atoms with Gasteiger partial charge in [-0.05, 0) is 77.0 Å². The third kappa shape index (κ3) is 31.5. The summed E-state index contributed by atoms with van der Waals surface area (Å²) in [7, 11) is -4.61. The number of rotatable bonds is 38. The molecular formula is C47H82O12S. The maximum absolute atomic E-state index is 12.8. The summed E-state index contributed by atoms with van der Waals surface area (Å²) < 4.78 is 54.0. The fourth-order valence-corrected chi connectivity index (χ4v) is 7.43. The Morgan fingerprint density at radius 2 is 1.00 bits per heavy atom. The van der Waals surface area contributed by atoms with Gasteiger partial charge in [-0.2, -0.15) is 8.42 Å². The molecule has 0 bridgehead atoms. The van der Waals surface area contributed by atoms with Crippen molar-refractivity contribution in [1.82, 2.24) is 0 Å². The molecule has 1 saturated heterocycles. The van der Waals surface area contributed by atoms with Gasteiger partial charge in [-0.1, -0.05) is 140 Å². The number of hydrogen-bond donors (Lipinski definition) is 4. The fourth-order valence-electron chi connectivity index (χ4n) is 6.74. The van der Waals surface area contributed by atoms with Crippen LogP contribution in [0.1, 0.15) is 181 Å². The van der Waals surface area contributed by atoms with E-state index in [0.717, 1.165) is 64.2 Å². The Bertz CT molecular complexity index is 1300. The van der Waals surface area contributed by atoms with Gasteiger partial charge in [0.1, 0.15) is 36.8 Å². The first-order valence-corrected chi connectivity index (χ1v) is 24.8. The number of ether oxygens (including phenoxy) is 4. The van der Waals surface area contributed by atoms with E-state index in [-0.39, 0.29) is 19.4 Å². The summed E-state index contributed by atoms with van der Waals surface area (Å²) >= 11 is 0. The lowest BCUT2D eigenvalue weighted by atomic mass is 10.00. The molecule has 0 aromatic rings. The molecule has 13 heteroatoms. The van der Waals surface area contributed by atoms with E-state index in [9.17, 15) is 37.9 Å². The maximum Gasteiger partial charge on any atom is 0.306 e. The van der Waals surface area contributed by atoms with E-state index in [1.165, 1.54) is 77.0 Å². The second-order valence-corrected chi connectivity index (χ2v) is 17.6. The molecule has 1 heterocycles. The Balaban J connectivity index is 2.48. The van der Waals surface area contributed by atoms with Gasteiger partial charge in [-0.25, -0.2) is 0 Å². The smallest absolute Gasteiger partial charge is 0.306 e. The first-order chi connectivity index (χ1) is 29.0. The molecule has 1 aliphatic heterocycles. The largest absolute Gasteiger partial charge is 0.462 e. The van der Waals surface area contributed by atoms with Crippen molar-refractivity contribution in [3.8, 4) is 0 Å². The van der Waals surface area contributed by atoms with E-state index in [1.807, 2.05) is 0 Å². The Labute approximate surface area is 363 Å². The van der Waals surface area contributed by atoms with Crippen LogP contribution >= 0.6 is 0 Å². The monoisotopic (exact) mass is 871 g/mol. The van der Waals surface area contributed by atoms with E-state index in [1.54, 1.807) is 0 Å². The molecule has 0 amide bonds. The van der Waals surface area contributed by atoms with E-state index in [2.05, 4.69) is 62.5 Å². The lowest BCUT2D eigenvalue weighted by molar-refractivity contribution is -0.297. The second kappa shape index (κ2) is 37.2. The molecule has 1 aliphatic rings. The quantitative estimate of drug-likeness (QED) is 0.0200. The molecule has 0 aromatic carbocycles. The molecule has 12 nitrogen and oxygen atoms in total. The van der Waals surface area contributed by atoms with Crippen molar-refractivity contribution >= 4 is 22.1 Å². The van der Waals surface area contributed by atoms with Crippen LogP contribution in [-0.4, -0.2) is 96.0 Å². The van der Waals surface area contributed by atoms with Crippen molar-refractivity contribution in [2.75, 3.05) is 19.0 Å². The van der Waals surface area contributed by atoms with Gasteiger partial charge in [-0.15, -0.1) is 0 Å². The van der Waals surface area contributed by atoms with E-state index in [4.69, 9.17) is 18.9 Å². The highest BCUT2D eigenvalue weighted by Crippen LogP contribution is 2.24. The van der Waals surface area contributed by atoms with Crippen molar-refractivity contribution in [2.45, 2.75) is 218 Å². The first-order valence-electron chi connectivity index (χ1n) is 23.2. The topological polar surface area (TPSA) is 186 Å². The van der Waals surface area contributed by atoms with Crippen molar-refractivity contribution in [3.63, 3.8) is 0 Å². The van der Waals surface area contributed by atoms with Gasteiger partial charge in [0.15, 0.2) is 12.4 Å². The third-order valence-electron chi connectivity index (χ3n) is 10.4. The Morgan fingerprint density at radius 1 is 0.567 bits per heavy atom. The molecule has 2 unspecified atom stereocenters. The standard InChI is InChI=1S/C47H82O12S/c1-3-5-7-9-11-13-15-17-19-20-22-24-26-28-30-32-34-36-43(49)58-40(38-57-47-46(52)45(51)44(50)41(59-47)39-60(53,54)55)37-56-42(48)35-33-31-29-27-25-23-21-18-16-14-12-10-8-6-4-2/h11,13,17,19,22,24-25,27,40-41,44-47,50-52H,3-10,12,14-16,18,20-21,23,26,28-39H2,1-2H3,(H,53,54,55)/b13-11+,19-17+,24-22+,27-25+/t40-,41-,44-,45?,46?,47+/m1/s1. The summed E-state index contributed by atoms with van der Waals surface area (Å²) in [6.45, 7) is 3.69. The molecule has 0 radical (unpaired) electrons. The number of allylic oxidation sites excluding steroid dienone is 8. The number of aliphatic hydroxyl groups excluding tert-OH is 3. The number of unbranched alkanes of at least 4 members (excludes halogenated alkanes) is 18. The average Bonchev–Trinajstić information content (AvgIpc) is 3.21. The lowest BCUT2D eigenvalue weighted by Crippen LogP contribution is -2.60. The molecule has 60 heavy (non-hydrogen) atoms. The summed E-state index contributed by atoms with van der Waals surface area (Å²) in [5.41, 5.74) is 0. The van der Waals surface area contributed by atoms with Crippen molar-refractivity contribution < 1.29 is 56.8 Å². The maximum atomic E-state index is 12.8. The lowest BCUT2D eigenvalue weighted by Gasteiger charge is -2.40. The predicted octanol–water partition coefficient (Wildman–Crippen LogP) is 9.56. The van der Waals surface area contributed by atoms with E-state index < -0.39 is 71.2 Å². The normalized spacial score (nSPS) is 20.5. The molecule has 0 spiro atoms. The Kier molecular flexibility index (Phi) is 34.5. The molecule has 0 aliphatic carbocycles. The summed E-state index contributed by atoms with van der Waals surface area (Å²) in [5, 5.41) is 30.9. The van der Waals surface area contributed by atoms with Crippen LogP contribution in [0.4, 0.5) is 0 Å². The minimum Gasteiger partial charge on any atom is -0.462 e. The van der Waals surface area contributed by atoms with Crippen LogP contribution in [0.2, 0.25) is 0 Å². The zero-order valence-corrected chi connectivity index (χ0v) is 37.9. The van der Waals surface area contributed by atoms with Crippen LogP contribution in [-0.2, 0) is 38.7 Å². The van der Waals surface area contributed by atoms with E-state index in [0.29, 0.717) is 12.8 Å². The zero-order valence-electron chi connectivity index (χ0n) is 37.1. The summed E-state index contributed by atoms with van der Waals surface area (Å²) in [5.74, 6) is -2.04. The van der Waals surface area contributed by atoms with Crippen molar-refractivity contribution in [2.24, 2.45) is 0 Å². The highest BCUT2D eigenvalue weighted by atomic mass is 32.2. The van der Waals surface area contributed by atoms with Gasteiger partial charge >= 0.3 is 11.9 Å². The highest BCUT2D eigenvalue weighted by Gasteiger charge is 2.46. The number of hydrogen-bond acceptors (Lipinski definition) is 11. The summed E-state index contributed by atoms with van der Waals surface area (Å²) in [6.07, 6.45) is 34.4. The molecular weight excluding hydrogens is 789 g/mol. The molecule has 6 atom stereocenters. The average molecular weight is 871 g/mol. The molecule has 1 fully saturated rings. The van der Waals surface area contributed by atoms with Crippen LogP contribution < -0.4 is 0 Å². The van der Waals surface area contributed by atoms with Gasteiger partial charge in [-0.3, -0.25) is 14.1 Å². The third-order valence-corrected chi connectivity index (χ3v) is 11.1. The molecule has 0 aromatic heterocycles. The van der Waals surface area contributed by atoms with Gasteiger partial charge in [0.2, 0.25) is 0 Å². The molecule has 348 valence electrons. The van der Waals surface area contributed by atoms with Crippen molar-refractivity contribution in [3.05, 3.63) is 48.6 Å². The Hall–Kier alpha value is -2.39. The van der Waals surface area contributed by atoms with Crippen LogP contribution in [0.25, 0.3) is 0 Å². The minimum absolute atomic E-state index is 0.134.